The summed E-state index contributed by atoms with van der Waals surface area (Å²) in [4.78, 5) is 14.5. The standard InChI is InChI=1S/C16H18ClN3O/c1-12-13(16(21)19-9-5-2-6-10-19)11-18-20(12)15-8-4-3-7-14(15)17/h3-4,7-8,11H,2,5-6,9-10H2,1H3. The highest BCUT2D eigenvalue weighted by molar-refractivity contribution is 6.32. The smallest absolute Gasteiger partial charge is 0.257 e. The van der Waals surface area contributed by atoms with Crippen LogP contribution in [0.15, 0.2) is 30.5 Å². The largest absolute Gasteiger partial charge is 0.339 e. The van der Waals surface area contributed by atoms with Crippen molar-refractivity contribution in [3.05, 3.63) is 46.7 Å². The number of hydrogen-bond acceptors (Lipinski definition) is 2. The molecule has 1 aromatic carbocycles. The summed E-state index contributed by atoms with van der Waals surface area (Å²) < 4.78 is 1.74. The summed E-state index contributed by atoms with van der Waals surface area (Å²) >= 11 is 6.21. The number of rotatable bonds is 2. The van der Waals surface area contributed by atoms with Gasteiger partial charge in [-0.3, -0.25) is 4.79 Å². The first-order valence-electron chi connectivity index (χ1n) is 7.27. The maximum absolute atomic E-state index is 12.6. The van der Waals surface area contributed by atoms with Crippen molar-refractivity contribution in [2.24, 2.45) is 0 Å². The maximum Gasteiger partial charge on any atom is 0.257 e. The average Bonchev–Trinajstić information content (AvgIpc) is 2.89. The van der Waals surface area contributed by atoms with Gasteiger partial charge in [0.05, 0.1) is 28.2 Å². The van der Waals surface area contributed by atoms with E-state index in [-0.39, 0.29) is 5.91 Å². The number of piperidine rings is 1. The molecule has 4 nitrogen and oxygen atoms in total. The Bertz CT molecular complexity index is 659. The van der Waals surface area contributed by atoms with E-state index in [0.29, 0.717) is 10.6 Å². The highest BCUT2D eigenvalue weighted by Gasteiger charge is 2.22. The van der Waals surface area contributed by atoms with Gasteiger partial charge in [-0.05, 0) is 38.3 Å². The van der Waals surface area contributed by atoms with Crippen molar-refractivity contribution < 1.29 is 4.79 Å². The normalized spacial score (nSPS) is 15.2. The van der Waals surface area contributed by atoms with Crippen molar-refractivity contribution >= 4 is 17.5 Å². The molecule has 1 amide bonds. The Hall–Kier alpha value is -1.81. The van der Waals surface area contributed by atoms with Crippen LogP contribution >= 0.6 is 11.6 Å². The molecule has 1 fully saturated rings. The minimum absolute atomic E-state index is 0.0745. The van der Waals surface area contributed by atoms with E-state index in [4.69, 9.17) is 11.6 Å². The molecule has 0 spiro atoms. The lowest BCUT2D eigenvalue weighted by atomic mass is 10.1. The van der Waals surface area contributed by atoms with Gasteiger partial charge in [-0.15, -0.1) is 0 Å². The van der Waals surface area contributed by atoms with Gasteiger partial charge in [0.25, 0.3) is 5.91 Å². The van der Waals surface area contributed by atoms with Gasteiger partial charge in [0.2, 0.25) is 0 Å². The molecule has 2 aromatic rings. The first kappa shape index (κ1) is 14.1. The van der Waals surface area contributed by atoms with Crippen LogP contribution in [0.1, 0.15) is 35.3 Å². The zero-order chi connectivity index (χ0) is 14.8. The molecule has 0 radical (unpaired) electrons. The second kappa shape index (κ2) is 5.90. The van der Waals surface area contributed by atoms with Crippen molar-refractivity contribution in [1.29, 1.82) is 0 Å². The molecule has 0 atom stereocenters. The molecular weight excluding hydrogens is 286 g/mol. The molecule has 0 bridgehead atoms. The number of nitrogens with zero attached hydrogens (tertiary/aromatic N) is 3. The van der Waals surface area contributed by atoms with Crippen molar-refractivity contribution in [2.75, 3.05) is 13.1 Å². The van der Waals surface area contributed by atoms with Gasteiger partial charge in [0.15, 0.2) is 0 Å². The first-order valence-corrected chi connectivity index (χ1v) is 7.65. The zero-order valence-electron chi connectivity index (χ0n) is 12.1. The van der Waals surface area contributed by atoms with Crippen LogP contribution in [0.25, 0.3) is 5.69 Å². The Morgan fingerprint density at radius 2 is 1.90 bits per heavy atom. The van der Waals surface area contributed by atoms with Crippen LogP contribution in [0.4, 0.5) is 0 Å². The van der Waals surface area contributed by atoms with Gasteiger partial charge in [0.1, 0.15) is 0 Å². The average molecular weight is 304 g/mol. The third kappa shape index (κ3) is 2.68. The summed E-state index contributed by atoms with van der Waals surface area (Å²) in [5.41, 5.74) is 2.30. The Morgan fingerprint density at radius 1 is 1.19 bits per heavy atom. The van der Waals surface area contributed by atoms with Crippen LogP contribution in [0.2, 0.25) is 5.02 Å². The van der Waals surface area contributed by atoms with Gasteiger partial charge < -0.3 is 4.90 Å². The number of likely N-dealkylation sites (tertiary alicyclic amines) is 1. The molecule has 1 saturated heterocycles. The number of halogens is 1. The summed E-state index contributed by atoms with van der Waals surface area (Å²) in [5.74, 6) is 0.0745. The number of carbonyl (C=O) groups is 1. The topological polar surface area (TPSA) is 38.1 Å². The summed E-state index contributed by atoms with van der Waals surface area (Å²) in [6.07, 6.45) is 5.03. The molecule has 110 valence electrons. The lowest BCUT2D eigenvalue weighted by molar-refractivity contribution is 0.0723. The van der Waals surface area contributed by atoms with E-state index in [9.17, 15) is 4.79 Å². The fourth-order valence-electron chi connectivity index (χ4n) is 2.75. The predicted octanol–water partition coefficient (Wildman–Crippen LogP) is 3.46. The fourth-order valence-corrected chi connectivity index (χ4v) is 2.97. The van der Waals surface area contributed by atoms with E-state index in [2.05, 4.69) is 5.10 Å². The molecule has 3 rings (SSSR count). The van der Waals surface area contributed by atoms with Crippen LogP contribution in [-0.4, -0.2) is 33.7 Å². The number of hydrogen-bond donors (Lipinski definition) is 0. The summed E-state index contributed by atoms with van der Waals surface area (Å²) in [6, 6.07) is 7.51. The number of para-hydroxylation sites is 1. The van der Waals surface area contributed by atoms with Gasteiger partial charge in [0, 0.05) is 13.1 Å². The van der Waals surface area contributed by atoms with E-state index in [1.807, 2.05) is 36.1 Å². The van der Waals surface area contributed by atoms with E-state index in [0.717, 1.165) is 37.3 Å². The quantitative estimate of drug-likeness (QED) is 0.852. The Labute approximate surface area is 129 Å². The zero-order valence-corrected chi connectivity index (χ0v) is 12.8. The third-order valence-electron chi connectivity index (χ3n) is 3.96. The second-order valence-electron chi connectivity index (χ2n) is 5.36. The van der Waals surface area contributed by atoms with Crippen molar-refractivity contribution in [2.45, 2.75) is 26.2 Å². The maximum atomic E-state index is 12.6. The van der Waals surface area contributed by atoms with E-state index in [1.165, 1.54) is 6.42 Å². The van der Waals surface area contributed by atoms with Crippen LogP contribution in [0.5, 0.6) is 0 Å². The molecule has 5 heteroatoms. The molecule has 1 aliphatic rings. The van der Waals surface area contributed by atoms with Crippen molar-refractivity contribution in [1.82, 2.24) is 14.7 Å². The molecule has 0 aliphatic carbocycles. The van der Waals surface area contributed by atoms with Crippen LogP contribution in [0, 0.1) is 6.92 Å². The van der Waals surface area contributed by atoms with Crippen molar-refractivity contribution in [3.63, 3.8) is 0 Å². The molecule has 1 aromatic heterocycles. The Morgan fingerprint density at radius 3 is 2.62 bits per heavy atom. The lowest BCUT2D eigenvalue weighted by Gasteiger charge is -2.26. The highest BCUT2D eigenvalue weighted by Crippen LogP contribution is 2.23. The summed E-state index contributed by atoms with van der Waals surface area (Å²) in [7, 11) is 0. The molecule has 21 heavy (non-hydrogen) atoms. The molecule has 0 unspecified atom stereocenters. The number of benzene rings is 1. The van der Waals surface area contributed by atoms with Gasteiger partial charge >= 0.3 is 0 Å². The van der Waals surface area contributed by atoms with E-state index < -0.39 is 0 Å². The van der Waals surface area contributed by atoms with Crippen LogP contribution in [-0.2, 0) is 0 Å². The third-order valence-corrected chi connectivity index (χ3v) is 4.28. The van der Waals surface area contributed by atoms with E-state index in [1.54, 1.807) is 10.9 Å². The second-order valence-corrected chi connectivity index (χ2v) is 5.77. The molecule has 0 N–H and O–H groups in total. The summed E-state index contributed by atoms with van der Waals surface area (Å²) in [6.45, 7) is 3.60. The SMILES string of the molecule is Cc1c(C(=O)N2CCCCC2)cnn1-c1ccccc1Cl. The minimum atomic E-state index is 0.0745. The van der Waals surface area contributed by atoms with E-state index >= 15 is 0 Å². The Balaban J connectivity index is 1.92. The van der Waals surface area contributed by atoms with Crippen molar-refractivity contribution in [3.8, 4) is 5.69 Å². The number of aromatic nitrogens is 2. The molecule has 2 heterocycles. The highest BCUT2D eigenvalue weighted by atomic mass is 35.5. The monoisotopic (exact) mass is 303 g/mol. The minimum Gasteiger partial charge on any atom is -0.339 e. The van der Waals surface area contributed by atoms with Crippen LogP contribution < -0.4 is 0 Å². The molecule has 1 aliphatic heterocycles. The molecule has 0 saturated carbocycles. The number of amides is 1. The number of carbonyl (C=O) groups excluding carboxylic acids is 1. The van der Waals surface area contributed by atoms with Gasteiger partial charge in [-0.2, -0.15) is 5.10 Å². The lowest BCUT2D eigenvalue weighted by Crippen LogP contribution is -2.35. The van der Waals surface area contributed by atoms with Crippen LogP contribution in [0.3, 0.4) is 0 Å². The van der Waals surface area contributed by atoms with Gasteiger partial charge in [-0.25, -0.2) is 4.68 Å². The summed E-state index contributed by atoms with van der Waals surface area (Å²) in [5, 5.41) is 4.97. The Kier molecular flexibility index (Phi) is 3.97. The van der Waals surface area contributed by atoms with Gasteiger partial charge in [-0.1, -0.05) is 23.7 Å². The predicted molar refractivity (Wildman–Crippen MR) is 83.1 cm³/mol. The fraction of sp³-hybridized carbons (Fsp3) is 0.375. The first-order chi connectivity index (χ1) is 10.2. The molecular formula is C16H18ClN3O.